The van der Waals surface area contributed by atoms with E-state index in [1.165, 1.54) is 19.2 Å². The fourth-order valence-corrected chi connectivity index (χ4v) is 2.79. The lowest BCUT2D eigenvalue weighted by Gasteiger charge is -2.21. The lowest BCUT2D eigenvalue weighted by Crippen LogP contribution is -2.48. The Morgan fingerprint density at radius 1 is 1.03 bits per heavy atom. The van der Waals surface area contributed by atoms with E-state index in [4.69, 9.17) is 28.8 Å². The van der Waals surface area contributed by atoms with Gasteiger partial charge in [0, 0.05) is 6.42 Å². The highest BCUT2D eigenvalue weighted by Gasteiger charge is 2.41. The van der Waals surface area contributed by atoms with E-state index >= 15 is 0 Å². The van der Waals surface area contributed by atoms with E-state index in [9.17, 15) is 27.3 Å². The van der Waals surface area contributed by atoms with E-state index < -0.39 is 51.0 Å². The minimum absolute atomic E-state index is 0.153. The first-order valence-corrected chi connectivity index (χ1v) is 9.77. The van der Waals surface area contributed by atoms with E-state index in [0.29, 0.717) is 0 Å². The number of hydrogen-bond acceptors (Lipinski definition) is 9. The molecule has 1 atom stereocenters. The molecule has 0 aliphatic carbocycles. The van der Waals surface area contributed by atoms with Gasteiger partial charge in [0.25, 0.3) is 0 Å². The number of nitrogens with one attached hydrogen (secondary N) is 1. The fourth-order valence-electron chi connectivity index (χ4n) is 1.60. The van der Waals surface area contributed by atoms with Crippen LogP contribution in [0.4, 0.5) is 13.2 Å². The van der Waals surface area contributed by atoms with Crippen molar-refractivity contribution >= 4 is 19.7 Å². The van der Waals surface area contributed by atoms with Gasteiger partial charge in [0.05, 0.1) is 50.9 Å². The molecule has 0 heterocycles. The highest BCUT2D eigenvalue weighted by Crippen LogP contribution is 2.49. The normalized spacial score (nSPS) is 12.7. The number of carbonyl (C=O) groups is 2. The number of carbonyl (C=O) groups excluding carboxylic acids is 2. The Bertz CT molecular complexity index is 650. The van der Waals surface area contributed by atoms with E-state index in [2.05, 4.69) is 0 Å². The SMILES string of the molecule is CC(C)OC(=O)[C@H](CCOP(=O)(OCCC#N)OCCC#N)NC(=O)C(F)(F)F. The van der Waals surface area contributed by atoms with Gasteiger partial charge in [-0.15, -0.1) is 0 Å². The average Bonchev–Trinajstić information content (AvgIpc) is 2.59. The van der Waals surface area contributed by atoms with Gasteiger partial charge in [-0.1, -0.05) is 0 Å². The first kappa shape index (κ1) is 26.8. The fraction of sp³-hybridized carbons (Fsp3) is 0.733. The Morgan fingerprint density at radius 2 is 1.52 bits per heavy atom. The van der Waals surface area contributed by atoms with Crippen molar-refractivity contribution < 1.29 is 45.6 Å². The maximum absolute atomic E-state index is 12.5. The molecule has 164 valence electrons. The Labute approximate surface area is 165 Å². The van der Waals surface area contributed by atoms with E-state index in [0.717, 1.165) is 0 Å². The maximum atomic E-state index is 12.5. The number of halogens is 3. The summed E-state index contributed by atoms with van der Waals surface area (Å²) in [6.07, 6.45) is -6.74. The number of esters is 1. The van der Waals surface area contributed by atoms with Crippen LogP contribution in [0.5, 0.6) is 0 Å². The first-order valence-electron chi connectivity index (χ1n) is 8.31. The summed E-state index contributed by atoms with van der Waals surface area (Å²) >= 11 is 0. The summed E-state index contributed by atoms with van der Waals surface area (Å²) in [5, 5.41) is 18.4. The van der Waals surface area contributed by atoms with Crippen molar-refractivity contribution in [3.05, 3.63) is 0 Å². The molecule has 0 fully saturated rings. The van der Waals surface area contributed by atoms with Crippen molar-refractivity contribution in [3.8, 4) is 12.1 Å². The van der Waals surface area contributed by atoms with Crippen LogP contribution in [0.25, 0.3) is 0 Å². The topological polar surface area (TPSA) is 148 Å². The standard InChI is InChI=1S/C15H21F3N3O7P/c1-11(2)28-13(22)12(21-14(23)15(16,17)18)5-10-27-29(24,25-8-3-6-19)26-9-4-7-20/h11-12H,3-5,8-10H2,1-2H3,(H,21,23)/t12-/m0/s1. The summed E-state index contributed by atoms with van der Waals surface area (Å²) in [5.74, 6) is -3.51. The van der Waals surface area contributed by atoms with Crippen molar-refractivity contribution in [2.45, 2.75) is 51.4 Å². The molecule has 0 radical (unpaired) electrons. The number of nitriles is 2. The molecular formula is C15H21F3N3O7P. The zero-order valence-electron chi connectivity index (χ0n) is 15.7. The monoisotopic (exact) mass is 443 g/mol. The summed E-state index contributed by atoms with van der Waals surface area (Å²) in [5.41, 5.74) is 0. The van der Waals surface area contributed by atoms with Crippen LogP contribution in [0, 0.1) is 22.7 Å². The van der Waals surface area contributed by atoms with Gasteiger partial charge in [-0.05, 0) is 13.8 Å². The van der Waals surface area contributed by atoms with Gasteiger partial charge < -0.3 is 10.1 Å². The molecule has 14 heteroatoms. The van der Waals surface area contributed by atoms with Gasteiger partial charge in [0.1, 0.15) is 6.04 Å². The third kappa shape index (κ3) is 12.1. The van der Waals surface area contributed by atoms with Gasteiger partial charge in [0.15, 0.2) is 0 Å². The van der Waals surface area contributed by atoms with Crippen LogP contribution in [0.1, 0.15) is 33.1 Å². The molecule has 0 saturated carbocycles. The zero-order valence-corrected chi connectivity index (χ0v) is 16.6. The van der Waals surface area contributed by atoms with Crippen molar-refractivity contribution in [3.63, 3.8) is 0 Å². The van der Waals surface area contributed by atoms with Crippen LogP contribution >= 0.6 is 7.82 Å². The number of nitrogens with zero attached hydrogens (tertiary/aromatic N) is 2. The number of ether oxygens (including phenoxy) is 1. The van der Waals surface area contributed by atoms with Crippen molar-refractivity contribution in [2.75, 3.05) is 19.8 Å². The molecule has 0 bridgehead atoms. The van der Waals surface area contributed by atoms with Gasteiger partial charge in [-0.3, -0.25) is 18.4 Å². The first-order chi connectivity index (χ1) is 13.4. The van der Waals surface area contributed by atoms with Gasteiger partial charge >= 0.3 is 25.9 Å². The minimum atomic E-state index is -5.23. The molecule has 0 aliphatic heterocycles. The molecule has 0 saturated heterocycles. The van der Waals surface area contributed by atoms with Crippen LogP contribution in [0.3, 0.4) is 0 Å². The molecule has 0 aliphatic rings. The molecule has 1 N–H and O–H groups in total. The third-order valence-electron chi connectivity index (χ3n) is 2.78. The molecule has 10 nitrogen and oxygen atoms in total. The number of phosphoric acid groups is 1. The number of hydrogen-bond donors (Lipinski definition) is 1. The summed E-state index contributed by atoms with van der Waals surface area (Å²) in [6, 6.07) is 1.71. The zero-order chi connectivity index (χ0) is 22.5. The number of amides is 1. The average molecular weight is 443 g/mol. The molecule has 0 aromatic rings. The summed E-state index contributed by atoms with van der Waals surface area (Å²) in [7, 11) is -4.25. The molecule has 0 aromatic heterocycles. The van der Waals surface area contributed by atoms with Crippen LogP contribution in [-0.2, 0) is 32.5 Å². The highest BCUT2D eigenvalue weighted by molar-refractivity contribution is 7.48. The molecule has 1 amide bonds. The van der Waals surface area contributed by atoms with E-state index in [1.54, 1.807) is 12.1 Å². The largest absolute Gasteiger partial charge is 0.474 e. The third-order valence-corrected chi connectivity index (χ3v) is 4.28. The maximum Gasteiger partial charge on any atom is 0.474 e. The molecule has 29 heavy (non-hydrogen) atoms. The second-order valence-electron chi connectivity index (χ2n) is 5.56. The van der Waals surface area contributed by atoms with Crippen LogP contribution in [0.2, 0.25) is 0 Å². The second-order valence-corrected chi connectivity index (χ2v) is 7.23. The number of rotatable bonds is 13. The Morgan fingerprint density at radius 3 is 1.93 bits per heavy atom. The van der Waals surface area contributed by atoms with Crippen LogP contribution in [0.15, 0.2) is 0 Å². The quantitative estimate of drug-likeness (QED) is 0.257. The smallest absolute Gasteiger partial charge is 0.461 e. The Kier molecular flexibility index (Phi) is 12.1. The van der Waals surface area contributed by atoms with Crippen molar-refractivity contribution in [2.24, 2.45) is 0 Å². The van der Waals surface area contributed by atoms with Gasteiger partial charge in [0.2, 0.25) is 0 Å². The summed E-state index contributed by atoms with van der Waals surface area (Å²) in [4.78, 5) is 23.1. The minimum Gasteiger partial charge on any atom is -0.461 e. The second kappa shape index (κ2) is 13.1. The Balaban J connectivity index is 5.04. The summed E-state index contributed by atoms with van der Waals surface area (Å²) < 4.78 is 69.2. The lowest BCUT2D eigenvalue weighted by molar-refractivity contribution is -0.176. The van der Waals surface area contributed by atoms with Gasteiger partial charge in [-0.25, -0.2) is 9.36 Å². The summed E-state index contributed by atoms with van der Waals surface area (Å²) in [6.45, 7) is 1.63. The number of phosphoric ester groups is 1. The van der Waals surface area contributed by atoms with E-state index in [1.807, 2.05) is 0 Å². The molecule has 0 unspecified atom stereocenters. The number of alkyl halides is 3. The van der Waals surface area contributed by atoms with Gasteiger partial charge in [-0.2, -0.15) is 23.7 Å². The predicted octanol–water partition coefficient (Wildman–Crippen LogP) is 2.36. The molecular weight excluding hydrogens is 422 g/mol. The highest BCUT2D eigenvalue weighted by atomic mass is 31.2. The van der Waals surface area contributed by atoms with Crippen molar-refractivity contribution in [1.82, 2.24) is 5.32 Å². The molecule has 0 spiro atoms. The van der Waals surface area contributed by atoms with E-state index in [-0.39, 0.29) is 26.1 Å². The van der Waals surface area contributed by atoms with Crippen molar-refractivity contribution in [1.29, 1.82) is 10.5 Å². The van der Waals surface area contributed by atoms with Crippen LogP contribution in [-0.4, -0.2) is 50.0 Å². The predicted molar refractivity (Wildman–Crippen MR) is 89.8 cm³/mol. The van der Waals surface area contributed by atoms with Crippen LogP contribution < -0.4 is 5.32 Å². The Hall–Kier alpha value is -2.18. The lowest BCUT2D eigenvalue weighted by atomic mass is 10.2. The molecule has 0 aromatic carbocycles. The molecule has 0 rings (SSSR count).